The summed E-state index contributed by atoms with van der Waals surface area (Å²) in [6, 6.07) is 12.9. The summed E-state index contributed by atoms with van der Waals surface area (Å²) in [7, 11) is 2.10. The summed E-state index contributed by atoms with van der Waals surface area (Å²) in [5.74, 6) is 0.953. The van der Waals surface area contributed by atoms with E-state index in [1.54, 1.807) is 0 Å². The molecule has 0 spiro atoms. The number of rotatable bonds is 8. The van der Waals surface area contributed by atoms with Crippen molar-refractivity contribution >= 4 is 17.3 Å². The second-order valence-electron chi connectivity index (χ2n) is 6.48. The summed E-state index contributed by atoms with van der Waals surface area (Å²) in [6.45, 7) is 5.42. The molecule has 6 heteroatoms. The molecule has 0 amide bonds. The molecule has 0 radical (unpaired) electrons. The van der Waals surface area contributed by atoms with E-state index in [2.05, 4.69) is 75.5 Å². The molecule has 27 heavy (non-hydrogen) atoms. The predicted molar refractivity (Wildman–Crippen MR) is 113 cm³/mol. The van der Waals surface area contributed by atoms with E-state index in [4.69, 9.17) is 4.99 Å². The summed E-state index contributed by atoms with van der Waals surface area (Å²) in [5.41, 5.74) is 2.48. The highest BCUT2D eigenvalue weighted by atomic mass is 32.1. The van der Waals surface area contributed by atoms with Crippen molar-refractivity contribution in [2.45, 2.75) is 26.4 Å². The molecule has 3 aromatic rings. The van der Waals surface area contributed by atoms with E-state index in [1.165, 1.54) is 16.0 Å². The SMILES string of the molecule is CCNC(=NCc1cccc(Cn2ccnc2)c1)N(C)CCc1cccs1. The Morgan fingerprint density at radius 3 is 2.89 bits per heavy atom. The number of nitrogens with one attached hydrogen (secondary N) is 1. The molecule has 1 aromatic carbocycles. The molecule has 0 aliphatic rings. The molecule has 0 bridgehead atoms. The van der Waals surface area contributed by atoms with Crippen molar-refractivity contribution < 1.29 is 0 Å². The van der Waals surface area contributed by atoms with Crippen molar-refractivity contribution in [1.82, 2.24) is 19.8 Å². The normalized spacial score (nSPS) is 11.6. The van der Waals surface area contributed by atoms with Gasteiger partial charge in [0.2, 0.25) is 0 Å². The quantitative estimate of drug-likeness (QED) is 0.479. The zero-order valence-electron chi connectivity index (χ0n) is 16.0. The molecule has 1 N–H and O–H groups in total. The van der Waals surface area contributed by atoms with E-state index in [9.17, 15) is 0 Å². The Bertz CT molecular complexity index is 824. The van der Waals surface area contributed by atoms with Crippen molar-refractivity contribution in [3.8, 4) is 0 Å². The topological polar surface area (TPSA) is 45.5 Å². The van der Waals surface area contributed by atoms with E-state index in [0.29, 0.717) is 6.54 Å². The first kappa shape index (κ1) is 19.2. The van der Waals surface area contributed by atoms with Crippen LogP contribution in [0, 0.1) is 0 Å². The zero-order chi connectivity index (χ0) is 18.9. The van der Waals surface area contributed by atoms with Crippen molar-refractivity contribution in [2.75, 3.05) is 20.1 Å². The Balaban J connectivity index is 1.61. The van der Waals surface area contributed by atoms with Crippen molar-refractivity contribution in [3.63, 3.8) is 0 Å². The highest BCUT2D eigenvalue weighted by Crippen LogP contribution is 2.11. The Labute approximate surface area is 165 Å². The fourth-order valence-electron chi connectivity index (χ4n) is 2.89. The second-order valence-corrected chi connectivity index (χ2v) is 7.51. The van der Waals surface area contributed by atoms with Gasteiger partial charge in [0, 0.05) is 44.0 Å². The maximum atomic E-state index is 4.84. The van der Waals surface area contributed by atoms with Gasteiger partial charge in [-0.3, -0.25) is 0 Å². The van der Waals surface area contributed by atoms with Crippen LogP contribution in [0.3, 0.4) is 0 Å². The minimum absolute atomic E-state index is 0.670. The number of hydrogen-bond donors (Lipinski definition) is 1. The highest BCUT2D eigenvalue weighted by Gasteiger charge is 2.06. The lowest BCUT2D eigenvalue weighted by molar-refractivity contribution is 0.486. The zero-order valence-corrected chi connectivity index (χ0v) is 16.8. The Hall–Kier alpha value is -2.60. The van der Waals surface area contributed by atoms with Crippen molar-refractivity contribution in [2.24, 2.45) is 4.99 Å². The smallest absolute Gasteiger partial charge is 0.193 e. The van der Waals surface area contributed by atoms with Gasteiger partial charge in [0.25, 0.3) is 0 Å². The Morgan fingerprint density at radius 1 is 1.26 bits per heavy atom. The van der Waals surface area contributed by atoms with E-state index >= 15 is 0 Å². The van der Waals surface area contributed by atoms with E-state index in [1.807, 2.05) is 30.1 Å². The lowest BCUT2D eigenvalue weighted by Crippen LogP contribution is -2.39. The third-order valence-electron chi connectivity index (χ3n) is 4.30. The summed E-state index contributed by atoms with van der Waals surface area (Å²) < 4.78 is 2.07. The molecule has 0 unspecified atom stereocenters. The van der Waals surface area contributed by atoms with Crippen molar-refractivity contribution in [3.05, 3.63) is 76.5 Å². The molecule has 0 aliphatic carbocycles. The number of likely N-dealkylation sites (N-methyl/N-ethyl adjacent to an activating group) is 1. The van der Waals surface area contributed by atoms with Gasteiger partial charge in [-0.2, -0.15) is 0 Å². The Kier molecular flexibility index (Phi) is 7.04. The number of guanidine groups is 1. The van der Waals surface area contributed by atoms with Crippen LogP contribution in [0.5, 0.6) is 0 Å². The van der Waals surface area contributed by atoms with Crippen LogP contribution in [-0.4, -0.2) is 40.5 Å². The van der Waals surface area contributed by atoms with Gasteiger partial charge in [0.05, 0.1) is 12.9 Å². The summed E-state index contributed by atoms with van der Waals surface area (Å²) in [4.78, 5) is 12.6. The lowest BCUT2D eigenvalue weighted by Gasteiger charge is -2.21. The van der Waals surface area contributed by atoms with Gasteiger partial charge in [-0.05, 0) is 35.9 Å². The third kappa shape index (κ3) is 5.96. The van der Waals surface area contributed by atoms with Crippen molar-refractivity contribution in [1.29, 1.82) is 0 Å². The molecule has 0 aliphatic heterocycles. The van der Waals surface area contributed by atoms with Crippen LogP contribution in [0.1, 0.15) is 22.9 Å². The lowest BCUT2D eigenvalue weighted by atomic mass is 10.1. The number of hydrogen-bond acceptors (Lipinski definition) is 3. The second kappa shape index (κ2) is 9.92. The largest absolute Gasteiger partial charge is 0.357 e. The maximum Gasteiger partial charge on any atom is 0.193 e. The van der Waals surface area contributed by atoms with Crippen LogP contribution in [0.25, 0.3) is 0 Å². The number of benzene rings is 1. The summed E-state index contributed by atoms with van der Waals surface area (Å²) in [5, 5.41) is 5.53. The average Bonchev–Trinajstić information content (AvgIpc) is 3.37. The average molecular weight is 382 g/mol. The first-order valence-corrected chi connectivity index (χ1v) is 10.2. The first-order chi connectivity index (χ1) is 13.2. The van der Waals surface area contributed by atoms with E-state index in [0.717, 1.165) is 32.0 Å². The van der Waals surface area contributed by atoms with Crippen LogP contribution in [0.2, 0.25) is 0 Å². The van der Waals surface area contributed by atoms with Gasteiger partial charge >= 0.3 is 0 Å². The molecule has 0 atom stereocenters. The van der Waals surface area contributed by atoms with Gasteiger partial charge in [0.15, 0.2) is 5.96 Å². The van der Waals surface area contributed by atoms with Gasteiger partial charge in [0.1, 0.15) is 0 Å². The molecule has 3 rings (SSSR count). The van der Waals surface area contributed by atoms with E-state index < -0.39 is 0 Å². The third-order valence-corrected chi connectivity index (χ3v) is 5.23. The van der Waals surface area contributed by atoms with Crippen LogP contribution < -0.4 is 5.32 Å². The minimum atomic E-state index is 0.670. The number of nitrogens with zero attached hydrogens (tertiary/aromatic N) is 4. The monoisotopic (exact) mass is 381 g/mol. The van der Waals surface area contributed by atoms with Crippen LogP contribution in [0.15, 0.2) is 65.5 Å². The van der Waals surface area contributed by atoms with Gasteiger partial charge < -0.3 is 14.8 Å². The molecule has 0 saturated carbocycles. The molecule has 2 aromatic heterocycles. The number of aliphatic imine (C=N–C) groups is 1. The number of aromatic nitrogens is 2. The van der Waals surface area contributed by atoms with Crippen LogP contribution in [0.4, 0.5) is 0 Å². The molecule has 142 valence electrons. The predicted octanol–water partition coefficient (Wildman–Crippen LogP) is 3.63. The standard InChI is InChI=1S/C21H27N5S/c1-3-23-21(25(2)11-9-20-8-5-13-27-20)24-15-18-6-4-7-19(14-18)16-26-12-10-22-17-26/h4-8,10,12-14,17H,3,9,11,15-16H2,1-2H3,(H,23,24). The Morgan fingerprint density at radius 2 is 2.15 bits per heavy atom. The molecule has 0 saturated heterocycles. The number of imidazole rings is 1. The highest BCUT2D eigenvalue weighted by molar-refractivity contribution is 7.09. The molecular weight excluding hydrogens is 354 g/mol. The molecule has 0 fully saturated rings. The molecule has 2 heterocycles. The van der Waals surface area contributed by atoms with Crippen LogP contribution in [-0.2, 0) is 19.5 Å². The van der Waals surface area contributed by atoms with Crippen LogP contribution >= 0.6 is 11.3 Å². The fraction of sp³-hybridized carbons (Fsp3) is 0.333. The first-order valence-electron chi connectivity index (χ1n) is 9.30. The molecule has 5 nitrogen and oxygen atoms in total. The maximum absolute atomic E-state index is 4.84. The van der Waals surface area contributed by atoms with Gasteiger partial charge in [-0.25, -0.2) is 9.98 Å². The van der Waals surface area contributed by atoms with Gasteiger partial charge in [-0.15, -0.1) is 11.3 Å². The minimum Gasteiger partial charge on any atom is -0.357 e. The fourth-order valence-corrected chi connectivity index (χ4v) is 3.59. The molecular formula is C21H27N5S. The summed E-state index contributed by atoms with van der Waals surface area (Å²) >= 11 is 1.81. The van der Waals surface area contributed by atoms with Gasteiger partial charge in [-0.1, -0.05) is 30.3 Å². The summed E-state index contributed by atoms with van der Waals surface area (Å²) in [6.07, 6.45) is 6.68. The van der Waals surface area contributed by atoms with E-state index in [-0.39, 0.29) is 0 Å². The number of thiophene rings is 1.